The molecule has 7 heteroatoms. The van der Waals surface area contributed by atoms with Crippen molar-refractivity contribution in [1.29, 1.82) is 0 Å². The quantitative estimate of drug-likeness (QED) is 0.593. The van der Waals surface area contributed by atoms with E-state index in [1.807, 2.05) is 37.3 Å². The van der Waals surface area contributed by atoms with E-state index in [2.05, 4.69) is 10.0 Å². The molecule has 0 spiro atoms. The summed E-state index contributed by atoms with van der Waals surface area (Å²) in [7, 11) is -3.80. The number of benzene rings is 3. The van der Waals surface area contributed by atoms with Crippen molar-refractivity contribution < 1.29 is 17.9 Å². The monoisotopic (exact) mass is 410 g/mol. The predicted molar refractivity (Wildman–Crippen MR) is 113 cm³/mol. The number of anilines is 1. The highest BCUT2D eigenvalue weighted by molar-refractivity contribution is 7.92. The Morgan fingerprint density at radius 2 is 1.59 bits per heavy atom. The van der Waals surface area contributed by atoms with E-state index in [1.54, 1.807) is 42.5 Å². The van der Waals surface area contributed by atoms with Gasteiger partial charge in [0.1, 0.15) is 12.4 Å². The van der Waals surface area contributed by atoms with Crippen LogP contribution in [0.15, 0.2) is 89.8 Å². The first-order valence-corrected chi connectivity index (χ1v) is 10.6. The van der Waals surface area contributed by atoms with Crippen molar-refractivity contribution in [1.82, 2.24) is 5.32 Å². The van der Waals surface area contributed by atoms with Gasteiger partial charge in [-0.15, -0.1) is 0 Å². The summed E-state index contributed by atoms with van der Waals surface area (Å²) < 4.78 is 33.3. The maximum atomic E-state index is 12.6. The molecule has 0 aliphatic heterocycles. The van der Waals surface area contributed by atoms with Crippen LogP contribution in [-0.4, -0.2) is 27.0 Å². The summed E-state index contributed by atoms with van der Waals surface area (Å²) >= 11 is 0. The molecule has 0 saturated carbocycles. The average Bonchev–Trinajstić information content (AvgIpc) is 2.73. The second-order valence-corrected chi connectivity index (χ2v) is 8.18. The standard InChI is InChI=1S/C22H22N2O4S/c1-17(16-28-20-12-6-3-7-13-20)23-22(25)18-9-8-14-21(15-18)29(26,27)24-19-10-4-2-5-11-19/h2-15,17,24H,16H2,1H3,(H,23,25)/t17-/m1/s1. The molecule has 0 fully saturated rings. The topological polar surface area (TPSA) is 84.5 Å². The van der Waals surface area contributed by atoms with E-state index >= 15 is 0 Å². The molecular formula is C22H22N2O4S. The summed E-state index contributed by atoms with van der Waals surface area (Å²) in [6, 6.07) is 23.5. The largest absolute Gasteiger partial charge is 0.491 e. The molecule has 0 heterocycles. The number of amides is 1. The van der Waals surface area contributed by atoms with E-state index in [1.165, 1.54) is 12.1 Å². The first-order chi connectivity index (χ1) is 13.9. The molecule has 0 unspecified atom stereocenters. The fourth-order valence-electron chi connectivity index (χ4n) is 2.61. The lowest BCUT2D eigenvalue weighted by atomic mass is 10.2. The zero-order valence-electron chi connectivity index (χ0n) is 15.9. The Bertz CT molecular complexity index is 1050. The molecule has 6 nitrogen and oxygen atoms in total. The zero-order valence-corrected chi connectivity index (χ0v) is 16.7. The number of ether oxygens (including phenoxy) is 1. The molecule has 3 aromatic rings. The molecule has 150 valence electrons. The minimum atomic E-state index is -3.80. The summed E-state index contributed by atoms with van der Waals surface area (Å²) in [4.78, 5) is 12.5. The van der Waals surface area contributed by atoms with Gasteiger partial charge in [-0.25, -0.2) is 8.42 Å². The molecule has 29 heavy (non-hydrogen) atoms. The van der Waals surface area contributed by atoms with Crippen LogP contribution in [0.1, 0.15) is 17.3 Å². The van der Waals surface area contributed by atoms with Crippen molar-refractivity contribution >= 4 is 21.6 Å². The highest BCUT2D eigenvalue weighted by atomic mass is 32.2. The molecule has 1 atom stereocenters. The fraction of sp³-hybridized carbons (Fsp3) is 0.136. The normalized spacial score (nSPS) is 12.0. The Hall–Kier alpha value is -3.32. The fourth-order valence-corrected chi connectivity index (χ4v) is 3.72. The Balaban J connectivity index is 1.64. The first kappa shape index (κ1) is 20.4. The van der Waals surface area contributed by atoms with Crippen LogP contribution in [0.3, 0.4) is 0 Å². The van der Waals surface area contributed by atoms with Crippen molar-refractivity contribution in [3.05, 3.63) is 90.5 Å². The van der Waals surface area contributed by atoms with Gasteiger partial charge in [0.05, 0.1) is 10.9 Å². The van der Waals surface area contributed by atoms with Gasteiger partial charge in [0.15, 0.2) is 0 Å². The van der Waals surface area contributed by atoms with Gasteiger partial charge in [0.2, 0.25) is 0 Å². The highest BCUT2D eigenvalue weighted by Crippen LogP contribution is 2.17. The number of carbonyl (C=O) groups is 1. The minimum Gasteiger partial charge on any atom is -0.491 e. The van der Waals surface area contributed by atoms with E-state index in [4.69, 9.17) is 4.74 Å². The third-order valence-electron chi connectivity index (χ3n) is 4.05. The lowest BCUT2D eigenvalue weighted by Gasteiger charge is -2.15. The minimum absolute atomic E-state index is 0.0159. The van der Waals surface area contributed by atoms with Crippen LogP contribution in [0.2, 0.25) is 0 Å². The smallest absolute Gasteiger partial charge is 0.261 e. The van der Waals surface area contributed by atoms with Crippen molar-refractivity contribution in [2.45, 2.75) is 17.9 Å². The molecule has 0 saturated heterocycles. The summed E-state index contributed by atoms with van der Waals surface area (Å²) in [6.07, 6.45) is 0. The van der Waals surface area contributed by atoms with E-state index in [9.17, 15) is 13.2 Å². The first-order valence-electron chi connectivity index (χ1n) is 9.11. The van der Waals surface area contributed by atoms with Crippen molar-refractivity contribution in [3.8, 4) is 5.75 Å². The summed E-state index contributed by atoms with van der Waals surface area (Å²) in [5.41, 5.74) is 0.710. The Labute approximate surface area is 170 Å². The molecule has 3 rings (SSSR count). The SMILES string of the molecule is C[C@H](COc1ccccc1)NC(=O)c1cccc(S(=O)(=O)Nc2ccccc2)c1. The van der Waals surface area contributed by atoms with Crippen LogP contribution in [0.25, 0.3) is 0 Å². The van der Waals surface area contributed by atoms with Gasteiger partial charge in [0.25, 0.3) is 15.9 Å². The van der Waals surface area contributed by atoms with E-state index in [0.29, 0.717) is 18.0 Å². The summed E-state index contributed by atoms with van der Waals surface area (Å²) in [6.45, 7) is 2.11. The van der Waals surface area contributed by atoms with Gasteiger partial charge in [-0.2, -0.15) is 0 Å². The second-order valence-electron chi connectivity index (χ2n) is 6.50. The van der Waals surface area contributed by atoms with E-state index < -0.39 is 10.0 Å². The van der Waals surface area contributed by atoms with E-state index in [-0.39, 0.29) is 22.4 Å². The zero-order chi connectivity index (χ0) is 20.7. The third kappa shape index (κ3) is 5.83. The third-order valence-corrected chi connectivity index (χ3v) is 5.43. The van der Waals surface area contributed by atoms with Crippen LogP contribution in [0.4, 0.5) is 5.69 Å². The number of sulfonamides is 1. The molecule has 2 N–H and O–H groups in total. The van der Waals surface area contributed by atoms with Gasteiger partial charge >= 0.3 is 0 Å². The molecule has 0 radical (unpaired) electrons. The highest BCUT2D eigenvalue weighted by Gasteiger charge is 2.17. The number of nitrogens with one attached hydrogen (secondary N) is 2. The molecule has 0 aromatic heterocycles. The Morgan fingerprint density at radius 3 is 2.28 bits per heavy atom. The van der Waals surface area contributed by atoms with Crippen LogP contribution in [0, 0.1) is 0 Å². The van der Waals surface area contributed by atoms with Gasteiger partial charge in [-0.3, -0.25) is 9.52 Å². The predicted octanol–water partition coefficient (Wildman–Crippen LogP) is 3.68. The van der Waals surface area contributed by atoms with Crippen molar-refractivity contribution in [3.63, 3.8) is 0 Å². The maximum absolute atomic E-state index is 12.6. The summed E-state index contributed by atoms with van der Waals surface area (Å²) in [5, 5.41) is 2.82. The molecule has 0 aliphatic carbocycles. The number of rotatable bonds is 8. The second kappa shape index (κ2) is 9.25. The lowest BCUT2D eigenvalue weighted by Crippen LogP contribution is -2.36. The van der Waals surface area contributed by atoms with E-state index in [0.717, 1.165) is 0 Å². The molecule has 3 aromatic carbocycles. The van der Waals surface area contributed by atoms with Crippen LogP contribution in [0.5, 0.6) is 5.75 Å². The number of hydrogen-bond acceptors (Lipinski definition) is 4. The van der Waals surface area contributed by atoms with Gasteiger partial charge in [0, 0.05) is 11.3 Å². The lowest BCUT2D eigenvalue weighted by molar-refractivity contribution is 0.0926. The maximum Gasteiger partial charge on any atom is 0.261 e. The number of hydrogen-bond donors (Lipinski definition) is 2. The molecular weight excluding hydrogens is 388 g/mol. The number of carbonyl (C=O) groups excluding carboxylic acids is 1. The van der Waals surface area contributed by atoms with Crippen LogP contribution >= 0.6 is 0 Å². The molecule has 1 amide bonds. The van der Waals surface area contributed by atoms with Crippen LogP contribution < -0.4 is 14.8 Å². The van der Waals surface area contributed by atoms with Crippen molar-refractivity contribution in [2.75, 3.05) is 11.3 Å². The summed E-state index contributed by atoms with van der Waals surface area (Å²) in [5.74, 6) is 0.347. The van der Waals surface area contributed by atoms with Gasteiger partial charge in [-0.05, 0) is 49.4 Å². The molecule has 0 aliphatic rings. The Kier molecular flexibility index (Phi) is 6.51. The van der Waals surface area contributed by atoms with Crippen LogP contribution in [-0.2, 0) is 10.0 Å². The Morgan fingerprint density at radius 1 is 0.931 bits per heavy atom. The van der Waals surface area contributed by atoms with Gasteiger partial charge < -0.3 is 10.1 Å². The van der Waals surface area contributed by atoms with Gasteiger partial charge in [-0.1, -0.05) is 42.5 Å². The average molecular weight is 410 g/mol. The van der Waals surface area contributed by atoms with Crippen molar-refractivity contribution in [2.24, 2.45) is 0 Å². The number of para-hydroxylation sites is 2. The molecule has 0 bridgehead atoms.